The summed E-state index contributed by atoms with van der Waals surface area (Å²) in [5.74, 6) is -2.70. The largest absolute Gasteiger partial charge is 0.465 e. The first-order valence-electron chi connectivity index (χ1n) is 8.19. The molecule has 0 bridgehead atoms. The second-order valence-electron chi connectivity index (χ2n) is 5.59. The lowest BCUT2D eigenvalue weighted by Crippen LogP contribution is -2.47. The van der Waals surface area contributed by atoms with Crippen molar-refractivity contribution in [2.75, 3.05) is 19.8 Å². The minimum atomic E-state index is -1.18. The molecule has 2 rings (SSSR count). The summed E-state index contributed by atoms with van der Waals surface area (Å²) >= 11 is 0. The van der Waals surface area contributed by atoms with Crippen LogP contribution in [0.25, 0.3) is 0 Å². The van der Waals surface area contributed by atoms with Crippen LogP contribution in [0.5, 0.6) is 0 Å². The van der Waals surface area contributed by atoms with Crippen LogP contribution >= 0.6 is 0 Å². The number of benzene rings is 1. The Morgan fingerprint density at radius 3 is 2.25 bits per heavy atom. The minimum Gasteiger partial charge on any atom is -0.465 e. The molecule has 130 valence electrons. The monoisotopic (exact) mass is 333 g/mol. The van der Waals surface area contributed by atoms with Gasteiger partial charge in [-0.3, -0.25) is 14.4 Å². The lowest BCUT2D eigenvalue weighted by atomic mass is 9.84. The average Bonchev–Trinajstić information content (AvgIpc) is 2.55. The molecule has 0 saturated carbocycles. The molecule has 0 saturated heterocycles. The number of ether oxygens (including phenoxy) is 2. The molecule has 1 amide bonds. The molecule has 0 aliphatic carbocycles. The summed E-state index contributed by atoms with van der Waals surface area (Å²) in [5.41, 5.74) is 1.82. The Kier molecular flexibility index (Phi) is 5.95. The van der Waals surface area contributed by atoms with Gasteiger partial charge in [0, 0.05) is 13.5 Å². The molecule has 6 nitrogen and oxygen atoms in total. The molecule has 6 heteroatoms. The number of carbonyl (C=O) groups is 3. The quantitative estimate of drug-likeness (QED) is 0.607. The van der Waals surface area contributed by atoms with E-state index in [1.807, 2.05) is 24.3 Å². The third-order valence-corrected chi connectivity index (χ3v) is 4.13. The van der Waals surface area contributed by atoms with Gasteiger partial charge in [-0.25, -0.2) is 0 Å². The van der Waals surface area contributed by atoms with E-state index in [-0.39, 0.29) is 19.1 Å². The van der Waals surface area contributed by atoms with Crippen LogP contribution in [0, 0.1) is 5.92 Å². The summed E-state index contributed by atoms with van der Waals surface area (Å²) < 4.78 is 10.2. The summed E-state index contributed by atoms with van der Waals surface area (Å²) in [5, 5.41) is 0. The van der Waals surface area contributed by atoms with Gasteiger partial charge in [0.25, 0.3) is 0 Å². The molecule has 0 spiro atoms. The third-order valence-electron chi connectivity index (χ3n) is 4.13. The van der Waals surface area contributed by atoms with Gasteiger partial charge in [0.2, 0.25) is 5.91 Å². The molecule has 1 aromatic carbocycles. The average molecular weight is 333 g/mol. The van der Waals surface area contributed by atoms with Gasteiger partial charge in [-0.15, -0.1) is 0 Å². The summed E-state index contributed by atoms with van der Waals surface area (Å²) in [6.45, 7) is 5.56. The highest BCUT2D eigenvalue weighted by atomic mass is 16.6. The smallest absolute Gasteiger partial charge is 0.322 e. The molecule has 1 atom stereocenters. The van der Waals surface area contributed by atoms with Crippen molar-refractivity contribution in [1.82, 2.24) is 4.90 Å². The molecular formula is C18H23NO5. The van der Waals surface area contributed by atoms with Crippen LogP contribution in [0.15, 0.2) is 24.3 Å². The predicted molar refractivity (Wildman–Crippen MR) is 87.0 cm³/mol. The Morgan fingerprint density at radius 2 is 1.71 bits per heavy atom. The van der Waals surface area contributed by atoms with Crippen LogP contribution in [0.3, 0.4) is 0 Å². The number of hydrogen-bond donors (Lipinski definition) is 0. The van der Waals surface area contributed by atoms with E-state index < -0.39 is 23.9 Å². The molecule has 0 radical (unpaired) electrons. The van der Waals surface area contributed by atoms with Gasteiger partial charge in [0.1, 0.15) is 0 Å². The summed E-state index contributed by atoms with van der Waals surface area (Å²) in [6, 6.07) is 6.84. The van der Waals surface area contributed by atoms with Gasteiger partial charge in [-0.1, -0.05) is 24.3 Å². The lowest BCUT2D eigenvalue weighted by Gasteiger charge is -2.39. The molecule has 0 aromatic heterocycles. The van der Waals surface area contributed by atoms with Crippen LogP contribution in [-0.4, -0.2) is 42.5 Å². The minimum absolute atomic E-state index is 0.156. The fraction of sp³-hybridized carbons (Fsp3) is 0.500. The zero-order chi connectivity index (χ0) is 17.7. The maximum absolute atomic E-state index is 12.5. The van der Waals surface area contributed by atoms with E-state index in [2.05, 4.69) is 0 Å². The molecule has 0 N–H and O–H groups in total. The molecule has 1 aromatic rings. The van der Waals surface area contributed by atoms with Gasteiger partial charge < -0.3 is 14.4 Å². The molecule has 1 heterocycles. The molecule has 1 aliphatic rings. The summed E-state index contributed by atoms with van der Waals surface area (Å²) in [6.07, 6.45) is 0.685. The van der Waals surface area contributed by atoms with Gasteiger partial charge in [0.15, 0.2) is 5.92 Å². The van der Waals surface area contributed by atoms with Gasteiger partial charge in [-0.05, 0) is 31.4 Å². The van der Waals surface area contributed by atoms with Crippen LogP contribution in [-0.2, 0) is 30.3 Å². The highest BCUT2D eigenvalue weighted by Gasteiger charge is 2.44. The SMILES string of the molecule is CCOC(=O)C(C(=O)OCC)C1c2ccccc2CCN1C(C)=O. The van der Waals surface area contributed by atoms with Crippen molar-refractivity contribution < 1.29 is 23.9 Å². The van der Waals surface area contributed by atoms with Crippen LogP contribution in [0.4, 0.5) is 0 Å². The van der Waals surface area contributed by atoms with Crippen LogP contribution in [0.1, 0.15) is 37.9 Å². The van der Waals surface area contributed by atoms with E-state index in [1.54, 1.807) is 18.7 Å². The van der Waals surface area contributed by atoms with Crippen molar-refractivity contribution in [3.63, 3.8) is 0 Å². The van der Waals surface area contributed by atoms with Crippen molar-refractivity contribution in [3.8, 4) is 0 Å². The standard InChI is InChI=1S/C18H23NO5/c1-4-23-17(21)15(18(22)24-5-2)16-14-9-7-6-8-13(14)10-11-19(16)12(3)20/h6-9,15-16H,4-5,10-11H2,1-3H3. The van der Waals surface area contributed by atoms with Crippen molar-refractivity contribution in [1.29, 1.82) is 0 Å². The highest BCUT2D eigenvalue weighted by Crippen LogP contribution is 2.36. The van der Waals surface area contributed by atoms with E-state index in [0.29, 0.717) is 13.0 Å². The van der Waals surface area contributed by atoms with Crippen molar-refractivity contribution in [2.45, 2.75) is 33.2 Å². The molecule has 24 heavy (non-hydrogen) atoms. The van der Waals surface area contributed by atoms with E-state index in [0.717, 1.165) is 11.1 Å². The Labute approximate surface area is 141 Å². The first-order valence-corrected chi connectivity index (χ1v) is 8.19. The van der Waals surface area contributed by atoms with Gasteiger partial charge in [0.05, 0.1) is 19.3 Å². The molecule has 0 fully saturated rings. The van der Waals surface area contributed by atoms with E-state index in [9.17, 15) is 14.4 Å². The summed E-state index contributed by atoms with van der Waals surface area (Å²) in [7, 11) is 0. The Morgan fingerprint density at radius 1 is 1.12 bits per heavy atom. The number of esters is 2. The second kappa shape index (κ2) is 7.95. The van der Waals surface area contributed by atoms with Crippen molar-refractivity contribution in [3.05, 3.63) is 35.4 Å². The summed E-state index contributed by atoms with van der Waals surface area (Å²) in [4.78, 5) is 38.6. The lowest BCUT2D eigenvalue weighted by molar-refractivity contribution is -0.166. The number of fused-ring (bicyclic) bond motifs is 1. The van der Waals surface area contributed by atoms with Crippen LogP contribution in [0.2, 0.25) is 0 Å². The van der Waals surface area contributed by atoms with Gasteiger partial charge in [-0.2, -0.15) is 0 Å². The number of carbonyl (C=O) groups excluding carboxylic acids is 3. The van der Waals surface area contributed by atoms with Crippen LogP contribution < -0.4 is 0 Å². The Bertz CT molecular complexity index is 610. The fourth-order valence-electron chi connectivity index (χ4n) is 3.13. The number of hydrogen-bond acceptors (Lipinski definition) is 5. The number of amides is 1. The normalized spacial score (nSPS) is 16.5. The fourth-order valence-corrected chi connectivity index (χ4v) is 3.13. The zero-order valence-electron chi connectivity index (χ0n) is 14.3. The van der Waals surface area contributed by atoms with E-state index in [4.69, 9.17) is 9.47 Å². The topological polar surface area (TPSA) is 72.9 Å². The number of nitrogens with zero attached hydrogens (tertiary/aromatic N) is 1. The predicted octanol–water partition coefficient (Wildman–Crippen LogP) is 1.87. The van der Waals surface area contributed by atoms with E-state index >= 15 is 0 Å². The Balaban J connectivity index is 2.51. The van der Waals surface area contributed by atoms with E-state index in [1.165, 1.54) is 6.92 Å². The highest BCUT2D eigenvalue weighted by molar-refractivity contribution is 5.96. The first kappa shape index (κ1) is 18.0. The van der Waals surface area contributed by atoms with Gasteiger partial charge >= 0.3 is 11.9 Å². The molecular weight excluding hydrogens is 310 g/mol. The van der Waals surface area contributed by atoms with Crippen molar-refractivity contribution >= 4 is 17.8 Å². The molecule has 1 unspecified atom stereocenters. The molecule has 1 aliphatic heterocycles. The third kappa shape index (κ3) is 3.58. The zero-order valence-corrected chi connectivity index (χ0v) is 14.3. The number of rotatable bonds is 5. The first-order chi connectivity index (χ1) is 11.5. The Hall–Kier alpha value is -2.37. The second-order valence-corrected chi connectivity index (χ2v) is 5.59. The maximum atomic E-state index is 12.5. The van der Waals surface area contributed by atoms with Crippen molar-refractivity contribution in [2.24, 2.45) is 5.92 Å². The maximum Gasteiger partial charge on any atom is 0.322 e.